The van der Waals surface area contributed by atoms with Crippen molar-refractivity contribution >= 4 is 46.7 Å². The summed E-state index contributed by atoms with van der Waals surface area (Å²) >= 11 is 5.87. The molecule has 1 aliphatic carbocycles. The SMILES string of the molecule is O=C(COC(=O)c1cccc(N2C(=O)[C@H]3CC=CC[C@@H]3C2=O)c1)Nc1cccc(Cl)c1. The normalized spacial score (nSPS) is 19.8. The van der Waals surface area contributed by atoms with Gasteiger partial charge in [0, 0.05) is 10.7 Å². The molecule has 31 heavy (non-hydrogen) atoms. The number of anilines is 2. The van der Waals surface area contributed by atoms with Crippen LogP contribution >= 0.6 is 11.6 Å². The largest absolute Gasteiger partial charge is 0.452 e. The van der Waals surface area contributed by atoms with E-state index < -0.39 is 18.5 Å². The number of carbonyl (C=O) groups excluding carboxylic acids is 4. The Bertz CT molecular complexity index is 1070. The Balaban J connectivity index is 1.41. The molecule has 7 nitrogen and oxygen atoms in total. The molecule has 0 saturated carbocycles. The quantitative estimate of drug-likeness (QED) is 0.437. The minimum Gasteiger partial charge on any atom is -0.452 e. The van der Waals surface area contributed by atoms with E-state index in [0.29, 0.717) is 29.2 Å². The van der Waals surface area contributed by atoms with Crippen molar-refractivity contribution in [2.45, 2.75) is 12.8 Å². The van der Waals surface area contributed by atoms with Crippen molar-refractivity contribution in [3.63, 3.8) is 0 Å². The van der Waals surface area contributed by atoms with Crippen LogP contribution in [0.4, 0.5) is 11.4 Å². The molecule has 8 heteroatoms. The molecule has 2 atom stereocenters. The highest BCUT2D eigenvalue weighted by atomic mass is 35.5. The second-order valence-electron chi connectivity index (χ2n) is 7.35. The lowest BCUT2D eigenvalue weighted by Gasteiger charge is -2.15. The van der Waals surface area contributed by atoms with Crippen LogP contribution in [-0.4, -0.2) is 30.3 Å². The molecule has 2 aromatic carbocycles. The smallest absolute Gasteiger partial charge is 0.338 e. The minimum atomic E-state index is -0.735. The highest BCUT2D eigenvalue weighted by molar-refractivity contribution is 6.30. The van der Waals surface area contributed by atoms with Gasteiger partial charge in [-0.3, -0.25) is 19.3 Å². The zero-order chi connectivity index (χ0) is 22.0. The van der Waals surface area contributed by atoms with Crippen LogP contribution in [-0.2, 0) is 19.1 Å². The Labute approximate surface area is 183 Å². The van der Waals surface area contributed by atoms with E-state index in [1.54, 1.807) is 36.4 Å². The van der Waals surface area contributed by atoms with Crippen LogP contribution in [0.15, 0.2) is 60.7 Å². The number of fused-ring (bicyclic) bond motifs is 1. The third-order valence-electron chi connectivity index (χ3n) is 5.29. The fourth-order valence-electron chi connectivity index (χ4n) is 3.80. The Morgan fingerprint density at radius 3 is 2.35 bits per heavy atom. The number of hydrogen-bond donors (Lipinski definition) is 1. The number of nitrogens with zero attached hydrogens (tertiary/aromatic N) is 1. The maximum absolute atomic E-state index is 12.7. The van der Waals surface area contributed by atoms with Crippen LogP contribution in [0.3, 0.4) is 0 Å². The molecule has 0 radical (unpaired) electrons. The van der Waals surface area contributed by atoms with Crippen molar-refractivity contribution in [2.24, 2.45) is 11.8 Å². The summed E-state index contributed by atoms with van der Waals surface area (Å²) in [6.07, 6.45) is 4.90. The van der Waals surface area contributed by atoms with Crippen molar-refractivity contribution in [3.8, 4) is 0 Å². The van der Waals surface area contributed by atoms with Crippen LogP contribution in [0.25, 0.3) is 0 Å². The van der Waals surface area contributed by atoms with Gasteiger partial charge in [-0.15, -0.1) is 0 Å². The third kappa shape index (κ3) is 4.36. The predicted octanol–water partition coefficient (Wildman–Crippen LogP) is 3.59. The molecule has 4 rings (SSSR count). The number of allylic oxidation sites excluding steroid dienone is 2. The molecule has 0 bridgehead atoms. The van der Waals surface area contributed by atoms with Crippen molar-refractivity contribution in [2.75, 3.05) is 16.8 Å². The van der Waals surface area contributed by atoms with Crippen molar-refractivity contribution in [1.82, 2.24) is 0 Å². The lowest BCUT2D eigenvalue weighted by molar-refractivity contribution is -0.122. The molecule has 1 N–H and O–H groups in total. The van der Waals surface area contributed by atoms with E-state index in [4.69, 9.17) is 16.3 Å². The van der Waals surface area contributed by atoms with Crippen LogP contribution < -0.4 is 10.2 Å². The maximum atomic E-state index is 12.7. The van der Waals surface area contributed by atoms with Gasteiger partial charge in [-0.05, 0) is 49.2 Å². The molecule has 0 aromatic heterocycles. The number of amides is 3. The number of imide groups is 1. The zero-order valence-electron chi connectivity index (χ0n) is 16.4. The first-order valence-electron chi connectivity index (χ1n) is 9.79. The van der Waals surface area contributed by atoms with E-state index in [0.717, 1.165) is 4.90 Å². The summed E-state index contributed by atoms with van der Waals surface area (Å²) in [7, 11) is 0. The number of esters is 1. The molecular formula is C23H19ClN2O5. The maximum Gasteiger partial charge on any atom is 0.338 e. The number of carbonyl (C=O) groups is 4. The molecule has 0 spiro atoms. The Hall–Kier alpha value is -3.45. The van der Waals surface area contributed by atoms with Crippen LogP contribution in [0, 0.1) is 11.8 Å². The molecule has 158 valence electrons. The summed E-state index contributed by atoms with van der Waals surface area (Å²) < 4.78 is 5.08. The summed E-state index contributed by atoms with van der Waals surface area (Å²) in [5, 5.41) is 3.05. The van der Waals surface area contributed by atoms with Gasteiger partial charge in [-0.25, -0.2) is 4.79 Å². The molecule has 0 unspecified atom stereocenters. The highest BCUT2D eigenvalue weighted by Crippen LogP contribution is 2.37. The van der Waals surface area contributed by atoms with E-state index in [2.05, 4.69) is 5.32 Å². The van der Waals surface area contributed by atoms with Crippen LogP contribution in [0.2, 0.25) is 5.02 Å². The van der Waals surface area contributed by atoms with E-state index in [1.165, 1.54) is 12.1 Å². The average molecular weight is 439 g/mol. The monoisotopic (exact) mass is 438 g/mol. The molecule has 1 heterocycles. The highest BCUT2D eigenvalue weighted by Gasteiger charge is 2.47. The number of nitrogens with one attached hydrogen (secondary N) is 1. The van der Waals surface area contributed by atoms with Crippen LogP contribution in [0.5, 0.6) is 0 Å². The van der Waals surface area contributed by atoms with E-state index >= 15 is 0 Å². The van der Waals surface area contributed by atoms with E-state index in [-0.39, 0.29) is 29.2 Å². The molecule has 3 amide bonds. The number of benzene rings is 2. The third-order valence-corrected chi connectivity index (χ3v) is 5.53. The molecule has 2 aromatic rings. The van der Waals surface area contributed by atoms with E-state index in [1.807, 2.05) is 12.2 Å². The number of ether oxygens (including phenoxy) is 1. The Kier molecular flexibility index (Phi) is 5.86. The van der Waals surface area contributed by atoms with Crippen LogP contribution in [0.1, 0.15) is 23.2 Å². The number of hydrogen-bond acceptors (Lipinski definition) is 5. The molecule has 1 saturated heterocycles. The summed E-state index contributed by atoms with van der Waals surface area (Å²) in [4.78, 5) is 51.1. The van der Waals surface area contributed by atoms with Gasteiger partial charge in [0.1, 0.15) is 0 Å². The number of halogens is 1. The van der Waals surface area contributed by atoms with E-state index in [9.17, 15) is 19.2 Å². The Morgan fingerprint density at radius 1 is 1.00 bits per heavy atom. The lowest BCUT2D eigenvalue weighted by Crippen LogP contribution is -2.31. The first-order valence-corrected chi connectivity index (χ1v) is 10.2. The average Bonchev–Trinajstić information content (AvgIpc) is 3.02. The summed E-state index contributed by atoms with van der Waals surface area (Å²) in [6.45, 7) is -0.493. The van der Waals surface area contributed by atoms with Crippen molar-refractivity contribution in [3.05, 3.63) is 71.3 Å². The fourth-order valence-corrected chi connectivity index (χ4v) is 3.99. The second kappa shape index (κ2) is 8.73. The summed E-state index contributed by atoms with van der Waals surface area (Å²) in [5.74, 6) is -2.49. The standard InChI is InChI=1S/C23H19ClN2O5/c24-15-6-4-7-16(12-15)25-20(27)13-31-23(30)14-5-3-8-17(11-14)26-21(28)18-9-1-2-10-19(18)22(26)29/h1-8,11-12,18-19H,9-10,13H2,(H,25,27)/t18-,19-/m0/s1. The second-order valence-corrected chi connectivity index (χ2v) is 7.79. The van der Waals surface area contributed by atoms with Gasteiger partial charge in [0.2, 0.25) is 11.8 Å². The molecule has 1 fully saturated rings. The van der Waals surface area contributed by atoms with Gasteiger partial charge >= 0.3 is 5.97 Å². The van der Waals surface area contributed by atoms with Gasteiger partial charge in [0.05, 0.1) is 23.1 Å². The summed E-state index contributed by atoms with van der Waals surface area (Å²) in [5.41, 5.74) is 0.946. The Morgan fingerprint density at radius 2 is 1.68 bits per heavy atom. The zero-order valence-corrected chi connectivity index (χ0v) is 17.2. The molecular weight excluding hydrogens is 420 g/mol. The first-order chi connectivity index (χ1) is 14.9. The lowest BCUT2D eigenvalue weighted by atomic mass is 9.85. The van der Waals surface area contributed by atoms with Crippen molar-refractivity contribution < 1.29 is 23.9 Å². The van der Waals surface area contributed by atoms with Crippen molar-refractivity contribution in [1.29, 1.82) is 0 Å². The topological polar surface area (TPSA) is 92.8 Å². The van der Waals surface area contributed by atoms with Gasteiger partial charge < -0.3 is 10.1 Å². The number of rotatable bonds is 5. The van der Waals surface area contributed by atoms with Gasteiger partial charge in [-0.1, -0.05) is 35.9 Å². The van der Waals surface area contributed by atoms with Gasteiger partial charge in [-0.2, -0.15) is 0 Å². The minimum absolute atomic E-state index is 0.140. The summed E-state index contributed by atoms with van der Waals surface area (Å²) in [6, 6.07) is 12.7. The predicted molar refractivity (Wildman–Crippen MR) is 115 cm³/mol. The van der Waals surface area contributed by atoms with Gasteiger partial charge in [0.25, 0.3) is 5.91 Å². The van der Waals surface area contributed by atoms with Gasteiger partial charge in [0.15, 0.2) is 6.61 Å². The first kappa shape index (κ1) is 20.8. The molecule has 1 aliphatic heterocycles. The molecule has 2 aliphatic rings. The fraction of sp³-hybridized carbons (Fsp3) is 0.217.